The van der Waals surface area contributed by atoms with Crippen LogP contribution in [0.2, 0.25) is 0 Å². The lowest BCUT2D eigenvalue weighted by atomic mass is 9.98. The lowest BCUT2D eigenvalue weighted by Crippen LogP contribution is -2.50. The molecular weight excluding hydrogens is 414 g/mol. The summed E-state index contributed by atoms with van der Waals surface area (Å²) in [5.41, 5.74) is 3.34. The topological polar surface area (TPSA) is 62.0 Å². The molecule has 0 saturated carbocycles. The minimum atomic E-state index is -0.553. The summed E-state index contributed by atoms with van der Waals surface area (Å²) >= 11 is 0. The Labute approximate surface area is 194 Å². The summed E-state index contributed by atoms with van der Waals surface area (Å²) in [4.78, 5) is 9.16. The molecule has 0 bridgehead atoms. The molecular formula is C27H29N3O3. The molecule has 1 fully saturated rings. The number of benzene rings is 2. The molecule has 1 saturated heterocycles. The Morgan fingerprint density at radius 1 is 0.909 bits per heavy atom. The number of fused-ring (bicyclic) bond motifs is 1. The Balaban J connectivity index is 1.16. The summed E-state index contributed by atoms with van der Waals surface area (Å²) in [6.07, 6.45) is 4.80. The Bertz CT molecular complexity index is 1140. The molecule has 4 aromatic rings. The number of rotatable bonds is 8. The fourth-order valence-electron chi connectivity index (χ4n) is 4.62. The molecule has 0 spiro atoms. The van der Waals surface area contributed by atoms with Gasteiger partial charge in [0.15, 0.2) is 0 Å². The van der Waals surface area contributed by atoms with Crippen LogP contribution in [0.4, 0.5) is 0 Å². The zero-order valence-electron chi connectivity index (χ0n) is 18.6. The standard InChI is InChI=1S/C27H29N3O3/c31-23(20-33-26-10-4-9-25-24(26)8-5-12-28-25)18-29-13-15-30(16-14-29)27(22-11-17-32-19-22)21-6-2-1-3-7-21/h1-12,17,19,23,27,31H,13-16,18,20H2. The lowest BCUT2D eigenvalue weighted by Gasteiger charge is -2.39. The van der Waals surface area contributed by atoms with Crippen LogP contribution >= 0.6 is 0 Å². The van der Waals surface area contributed by atoms with E-state index in [2.05, 4.69) is 39.0 Å². The van der Waals surface area contributed by atoms with E-state index in [1.54, 1.807) is 12.5 Å². The van der Waals surface area contributed by atoms with Crippen LogP contribution in [0.5, 0.6) is 5.75 Å². The lowest BCUT2D eigenvalue weighted by molar-refractivity contribution is 0.0403. The van der Waals surface area contributed by atoms with Gasteiger partial charge < -0.3 is 14.3 Å². The molecule has 2 atom stereocenters. The number of β-amino-alcohol motifs (C(OH)–C–C–N with tert-alkyl or cyclic N) is 1. The predicted octanol–water partition coefficient (Wildman–Crippen LogP) is 3.97. The van der Waals surface area contributed by atoms with Gasteiger partial charge in [-0.2, -0.15) is 0 Å². The largest absolute Gasteiger partial charge is 0.490 e. The highest BCUT2D eigenvalue weighted by Gasteiger charge is 2.27. The summed E-state index contributed by atoms with van der Waals surface area (Å²) in [6.45, 7) is 4.50. The van der Waals surface area contributed by atoms with E-state index in [0.29, 0.717) is 6.54 Å². The van der Waals surface area contributed by atoms with Gasteiger partial charge in [-0.3, -0.25) is 14.8 Å². The van der Waals surface area contributed by atoms with E-state index >= 15 is 0 Å². The zero-order valence-corrected chi connectivity index (χ0v) is 18.6. The van der Waals surface area contributed by atoms with Crippen molar-refractivity contribution in [1.29, 1.82) is 0 Å². The smallest absolute Gasteiger partial charge is 0.128 e. The van der Waals surface area contributed by atoms with Gasteiger partial charge in [0.2, 0.25) is 0 Å². The number of nitrogens with zero attached hydrogens (tertiary/aromatic N) is 3. The highest BCUT2D eigenvalue weighted by Crippen LogP contribution is 2.30. The van der Waals surface area contributed by atoms with E-state index in [4.69, 9.17) is 9.15 Å². The van der Waals surface area contributed by atoms with Crippen molar-refractivity contribution >= 4 is 10.9 Å². The van der Waals surface area contributed by atoms with Crippen molar-refractivity contribution in [2.24, 2.45) is 0 Å². The average molecular weight is 444 g/mol. The fraction of sp³-hybridized carbons (Fsp3) is 0.296. The minimum Gasteiger partial charge on any atom is -0.490 e. The summed E-state index contributed by atoms with van der Waals surface area (Å²) in [7, 11) is 0. The molecule has 170 valence electrons. The molecule has 0 radical (unpaired) electrons. The van der Waals surface area contributed by atoms with E-state index in [0.717, 1.165) is 42.8 Å². The summed E-state index contributed by atoms with van der Waals surface area (Å²) < 4.78 is 11.3. The van der Waals surface area contributed by atoms with Crippen molar-refractivity contribution in [3.05, 3.63) is 96.6 Å². The highest BCUT2D eigenvalue weighted by atomic mass is 16.5. The number of ether oxygens (including phenoxy) is 1. The number of hydrogen-bond acceptors (Lipinski definition) is 6. The van der Waals surface area contributed by atoms with Crippen molar-refractivity contribution in [2.75, 3.05) is 39.3 Å². The van der Waals surface area contributed by atoms with Crippen LogP contribution in [0.25, 0.3) is 10.9 Å². The van der Waals surface area contributed by atoms with E-state index in [-0.39, 0.29) is 12.6 Å². The number of pyridine rings is 1. The first-order valence-electron chi connectivity index (χ1n) is 11.5. The van der Waals surface area contributed by atoms with Crippen LogP contribution in [-0.4, -0.2) is 65.3 Å². The number of hydrogen-bond donors (Lipinski definition) is 1. The van der Waals surface area contributed by atoms with Gasteiger partial charge in [0.25, 0.3) is 0 Å². The molecule has 0 amide bonds. The fourth-order valence-corrected chi connectivity index (χ4v) is 4.62. The molecule has 1 aliphatic heterocycles. The van der Waals surface area contributed by atoms with Crippen LogP contribution in [0, 0.1) is 0 Å². The molecule has 2 aromatic heterocycles. The molecule has 3 heterocycles. The number of furan rings is 1. The summed E-state index contributed by atoms with van der Waals surface area (Å²) in [6, 6.07) is 22.5. The monoisotopic (exact) mass is 443 g/mol. The van der Waals surface area contributed by atoms with Gasteiger partial charge in [-0.1, -0.05) is 36.4 Å². The first-order chi connectivity index (χ1) is 16.3. The molecule has 5 rings (SSSR count). The molecule has 2 aromatic carbocycles. The van der Waals surface area contributed by atoms with Gasteiger partial charge in [-0.15, -0.1) is 0 Å². The normalized spacial score (nSPS) is 17.1. The van der Waals surface area contributed by atoms with Crippen LogP contribution < -0.4 is 4.74 Å². The van der Waals surface area contributed by atoms with E-state index in [9.17, 15) is 5.11 Å². The third kappa shape index (κ3) is 5.09. The van der Waals surface area contributed by atoms with Crippen LogP contribution in [0.3, 0.4) is 0 Å². The predicted molar refractivity (Wildman–Crippen MR) is 128 cm³/mol. The van der Waals surface area contributed by atoms with E-state index in [1.165, 1.54) is 11.1 Å². The SMILES string of the molecule is OC(COc1cccc2ncccc12)CN1CCN(C(c2ccccc2)c2ccoc2)CC1. The minimum absolute atomic E-state index is 0.181. The maximum atomic E-state index is 10.6. The van der Waals surface area contributed by atoms with Gasteiger partial charge in [-0.25, -0.2) is 0 Å². The quantitative estimate of drug-likeness (QED) is 0.445. The average Bonchev–Trinajstić information content (AvgIpc) is 3.39. The molecule has 6 heteroatoms. The first-order valence-corrected chi connectivity index (χ1v) is 11.5. The van der Waals surface area contributed by atoms with Crippen LogP contribution in [0.1, 0.15) is 17.2 Å². The molecule has 33 heavy (non-hydrogen) atoms. The van der Waals surface area contributed by atoms with Crippen LogP contribution in [-0.2, 0) is 0 Å². The van der Waals surface area contributed by atoms with Crippen molar-refractivity contribution < 1.29 is 14.3 Å². The maximum absolute atomic E-state index is 10.6. The Morgan fingerprint density at radius 3 is 2.55 bits per heavy atom. The second-order valence-corrected chi connectivity index (χ2v) is 8.50. The van der Waals surface area contributed by atoms with Crippen molar-refractivity contribution in [1.82, 2.24) is 14.8 Å². The van der Waals surface area contributed by atoms with Crippen molar-refractivity contribution in [3.63, 3.8) is 0 Å². The van der Waals surface area contributed by atoms with Gasteiger partial charge in [0, 0.05) is 49.9 Å². The summed E-state index contributed by atoms with van der Waals surface area (Å²) in [5.74, 6) is 0.760. The van der Waals surface area contributed by atoms with Gasteiger partial charge in [-0.05, 0) is 35.9 Å². The van der Waals surface area contributed by atoms with Gasteiger partial charge >= 0.3 is 0 Å². The Hall–Kier alpha value is -3.19. The maximum Gasteiger partial charge on any atom is 0.128 e. The number of piperazine rings is 1. The van der Waals surface area contributed by atoms with E-state index in [1.807, 2.05) is 48.7 Å². The zero-order chi connectivity index (χ0) is 22.5. The molecule has 6 nitrogen and oxygen atoms in total. The number of aliphatic hydroxyl groups excluding tert-OH is 1. The van der Waals surface area contributed by atoms with Gasteiger partial charge in [0.05, 0.1) is 24.1 Å². The third-order valence-electron chi connectivity index (χ3n) is 6.25. The number of aromatic nitrogens is 1. The number of aliphatic hydroxyl groups is 1. The molecule has 2 unspecified atom stereocenters. The van der Waals surface area contributed by atoms with Gasteiger partial charge in [0.1, 0.15) is 18.5 Å². The second-order valence-electron chi connectivity index (χ2n) is 8.50. The molecule has 0 aliphatic carbocycles. The van der Waals surface area contributed by atoms with E-state index < -0.39 is 6.10 Å². The Morgan fingerprint density at radius 2 is 1.76 bits per heavy atom. The van der Waals surface area contributed by atoms with Crippen molar-refractivity contribution in [2.45, 2.75) is 12.1 Å². The molecule has 1 N–H and O–H groups in total. The Kier molecular flexibility index (Phi) is 6.67. The highest BCUT2D eigenvalue weighted by molar-refractivity contribution is 5.84. The van der Waals surface area contributed by atoms with Crippen LogP contribution in [0.15, 0.2) is 89.9 Å². The van der Waals surface area contributed by atoms with Crippen molar-refractivity contribution in [3.8, 4) is 5.75 Å². The first kappa shape index (κ1) is 21.6. The molecule has 1 aliphatic rings. The second kappa shape index (κ2) is 10.2. The third-order valence-corrected chi connectivity index (χ3v) is 6.25. The summed E-state index contributed by atoms with van der Waals surface area (Å²) in [5, 5.41) is 11.6.